The van der Waals surface area contributed by atoms with Crippen molar-refractivity contribution in [3.63, 3.8) is 0 Å². The van der Waals surface area contributed by atoms with Gasteiger partial charge in [-0.25, -0.2) is 4.98 Å². The van der Waals surface area contributed by atoms with Gasteiger partial charge in [0.25, 0.3) is 0 Å². The molecule has 0 aliphatic carbocycles. The average molecular weight is 255 g/mol. The number of aliphatic hydroxyl groups is 1. The molecular weight excluding hydrogens is 236 g/mol. The topological polar surface area (TPSA) is 36.4 Å². The summed E-state index contributed by atoms with van der Waals surface area (Å²) in [4.78, 5) is 6.41. The molecule has 1 aliphatic rings. The second-order valence-corrected chi connectivity index (χ2v) is 5.09. The molecule has 2 atom stereocenters. The van der Waals surface area contributed by atoms with E-state index in [0.29, 0.717) is 5.15 Å². The summed E-state index contributed by atoms with van der Waals surface area (Å²) in [6.07, 6.45) is 4.88. The van der Waals surface area contributed by atoms with Crippen molar-refractivity contribution in [2.24, 2.45) is 0 Å². The van der Waals surface area contributed by atoms with Gasteiger partial charge in [0.05, 0.1) is 6.10 Å². The number of hydrogen-bond donors (Lipinski definition) is 1. The van der Waals surface area contributed by atoms with E-state index in [9.17, 15) is 5.11 Å². The number of aromatic nitrogens is 1. The molecule has 0 aromatic carbocycles. The van der Waals surface area contributed by atoms with Crippen LogP contribution in [0.15, 0.2) is 18.3 Å². The molecule has 0 radical (unpaired) electrons. The third kappa shape index (κ3) is 3.18. The van der Waals surface area contributed by atoms with Gasteiger partial charge in [0.1, 0.15) is 5.15 Å². The van der Waals surface area contributed by atoms with Crippen molar-refractivity contribution in [1.29, 1.82) is 0 Å². The fourth-order valence-electron chi connectivity index (χ4n) is 2.52. The number of rotatable bonds is 3. The molecule has 1 aliphatic heterocycles. The Bertz CT molecular complexity index is 370. The Labute approximate surface area is 107 Å². The van der Waals surface area contributed by atoms with E-state index in [0.717, 1.165) is 25.1 Å². The molecule has 1 saturated heterocycles. The van der Waals surface area contributed by atoms with Crippen LogP contribution in [0.3, 0.4) is 0 Å². The molecule has 0 saturated carbocycles. The zero-order valence-electron chi connectivity index (χ0n) is 10.1. The summed E-state index contributed by atoms with van der Waals surface area (Å²) in [6, 6.07) is 4.16. The Morgan fingerprint density at radius 2 is 2.41 bits per heavy atom. The van der Waals surface area contributed by atoms with Gasteiger partial charge < -0.3 is 5.11 Å². The van der Waals surface area contributed by atoms with Gasteiger partial charge in [-0.3, -0.25) is 4.90 Å². The first-order valence-corrected chi connectivity index (χ1v) is 6.58. The molecule has 3 nitrogen and oxygen atoms in total. The summed E-state index contributed by atoms with van der Waals surface area (Å²) in [5.41, 5.74) is 1.04. The molecule has 17 heavy (non-hydrogen) atoms. The van der Waals surface area contributed by atoms with E-state index in [-0.39, 0.29) is 12.1 Å². The monoisotopic (exact) mass is 254 g/mol. The first kappa shape index (κ1) is 12.8. The summed E-state index contributed by atoms with van der Waals surface area (Å²) in [5, 5.41) is 10.4. The zero-order chi connectivity index (χ0) is 12.3. The van der Waals surface area contributed by atoms with Crippen LogP contribution in [-0.4, -0.2) is 33.7 Å². The van der Waals surface area contributed by atoms with Gasteiger partial charge in [0.15, 0.2) is 0 Å². The Hall–Kier alpha value is -0.640. The Balaban J connectivity index is 2.08. The number of likely N-dealkylation sites (tertiary alicyclic amines) is 1. The largest absolute Gasteiger partial charge is 0.392 e. The minimum atomic E-state index is -0.286. The Kier molecular flexibility index (Phi) is 4.37. The summed E-state index contributed by atoms with van der Waals surface area (Å²) >= 11 is 6.07. The third-order valence-corrected chi connectivity index (χ3v) is 3.77. The van der Waals surface area contributed by atoms with Crippen LogP contribution in [-0.2, 0) is 6.54 Å². The smallest absolute Gasteiger partial charge is 0.133 e. The van der Waals surface area contributed by atoms with E-state index >= 15 is 0 Å². The first-order valence-electron chi connectivity index (χ1n) is 6.20. The molecule has 1 aromatic rings. The molecule has 0 amide bonds. The first-order chi connectivity index (χ1) is 8.18. The van der Waals surface area contributed by atoms with E-state index in [2.05, 4.69) is 9.88 Å². The lowest BCUT2D eigenvalue weighted by molar-refractivity contribution is 0.0316. The van der Waals surface area contributed by atoms with Crippen LogP contribution < -0.4 is 0 Å². The quantitative estimate of drug-likeness (QED) is 0.842. The normalized spacial score (nSPS) is 23.6. The minimum Gasteiger partial charge on any atom is -0.392 e. The maximum Gasteiger partial charge on any atom is 0.133 e. The van der Waals surface area contributed by atoms with Crippen LogP contribution >= 0.6 is 11.6 Å². The second kappa shape index (κ2) is 5.80. The number of aliphatic hydroxyl groups excluding tert-OH is 1. The van der Waals surface area contributed by atoms with Crippen molar-refractivity contribution in [2.45, 2.75) is 44.9 Å². The van der Waals surface area contributed by atoms with Crippen LogP contribution in [0.25, 0.3) is 0 Å². The van der Waals surface area contributed by atoms with Crippen LogP contribution in [0, 0.1) is 0 Å². The SMILES string of the molecule is CC(O)C1CCCCN1Cc1cccnc1Cl. The fraction of sp³-hybridized carbons (Fsp3) is 0.615. The molecule has 94 valence electrons. The molecular formula is C13H19ClN2O. The molecule has 4 heteroatoms. The molecule has 2 rings (SSSR count). The molecule has 1 fully saturated rings. The highest BCUT2D eigenvalue weighted by Crippen LogP contribution is 2.23. The lowest BCUT2D eigenvalue weighted by atomic mass is 9.97. The Morgan fingerprint density at radius 3 is 3.12 bits per heavy atom. The standard InChI is InChI=1S/C13H19ClN2O/c1-10(17)12-6-2-3-8-16(12)9-11-5-4-7-15-13(11)14/h4-5,7,10,12,17H,2-3,6,8-9H2,1H3. The van der Waals surface area contributed by atoms with Gasteiger partial charge in [-0.2, -0.15) is 0 Å². The van der Waals surface area contributed by atoms with Crippen LogP contribution in [0.4, 0.5) is 0 Å². The van der Waals surface area contributed by atoms with Crippen molar-refractivity contribution in [3.05, 3.63) is 29.0 Å². The second-order valence-electron chi connectivity index (χ2n) is 4.73. The average Bonchev–Trinajstić information content (AvgIpc) is 2.32. The number of piperidine rings is 1. The van der Waals surface area contributed by atoms with E-state index in [1.807, 2.05) is 19.1 Å². The highest BCUT2D eigenvalue weighted by Gasteiger charge is 2.26. The summed E-state index contributed by atoms with van der Waals surface area (Å²) in [5.74, 6) is 0. The van der Waals surface area contributed by atoms with Crippen molar-refractivity contribution in [1.82, 2.24) is 9.88 Å². The third-order valence-electron chi connectivity index (χ3n) is 3.43. The highest BCUT2D eigenvalue weighted by atomic mass is 35.5. The van der Waals surface area contributed by atoms with Crippen molar-refractivity contribution in [3.8, 4) is 0 Å². The van der Waals surface area contributed by atoms with Gasteiger partial charge in [0.2, 0.25) is 0 Å². The summed E-state index contributed by atoms with van der Waals surface area (Å²) in [6.45, 7) is 3.68. The molecule has 1 N–H and O–H groups in total. The highest BCUT2D eigenvalue weighted by molar-refractivity contribution is 6.30. The Morgan fingerprint density at radius 1 is 1.59 bits per heavy atom. The molecule has 2 unspecified atom stereocenters. The van der Waals surface area contributed by atoms with Crippen LogP contribution in [0.1, 0.15) is 31.7 Å². The number of hydrogen-bond acceptors (Lipinski definition) is 3. The number of halogens is 1. The predicted molar refractivity (Wildman–Crippen MR) is 69.0 cm³/mol. The van der Waals surface area contributed by atoms with Crippen molar-refractivity contribution in [2.75, 3.05) is 6.54 Å². The van der Waals surface area contributed by atoms with Crippen molar-refractivity contribution >= 4 is 11.6 Å². The maximum absolute atomic E-state index is 9.80. The van der Waals surface area contributed by atoms with Gasteiger partial charge in [-0.05, 0) is 32.4 Å². The van der Waals surface area contributed by atoms with E-state index < -0.39 is 0 Å². The van der Waals surface area contributed by atoms with E-state index in [1.165, 1.54) is 12.8 Å². The predicted octanol–water partition coefficient (Wildman–Crippen LogP) is 2.47. The number of pyridine rings is 1. The summed E-state index contributed by atoms with van der Waals surface area (Å²) < 4.78 is 0. The lowest BCUT2D eigenvalue weighted by Gasteiger charge is -2.37. The number of nitrogens with zero attached hydrogens (tertiary/aromatic N) is 2. The van der Waals surface area contributed by atoms with Gasteiger partial charge >= 0.3 is 0 Å². The van der Waals surface area contributed by atoms with E-state index in [1.54, 1.807) is 6.20 Å². The summed E-state index contributed by atoms with van der Waals surface area (Å²) in [7, 11) is 0. The molecule has 1 aromatic heterocycles. The van der Waals surface area contributed by atoms with Crippen molar-refractivity contribution < 1.29 is 5.11 Å². The maximum atomic E-state index is 9.80. The van der Waals surface area contributed by atoms with Gasteiger partial charge in [0, 0.05) is 24.3 Å². The molecule has 0 spiro atoms. The minimum absolute atomic E-state index is 0.250. The molecule has 0 bridgehead atoms. The van der Waals surface area contributed by atoms with Crippen LogP contribution in [0.5, 0.6) is 0 Å². The molecule has 2 heterocycles. The fourth-order valence-corrected chi connectivity index (χ4v) is 2.69. The van der Waals surface area contributed by atoms with Gasteiger partial charge in [-0.15, -0.1) is 0 Å². The zero-order valence-corrected chi connectivity index (χ0v) is 10.9. The van der Waals surface area contributed by atoms with Crippen LogP contribution in [0.2, 0.25) is 5.15 Å². The van der Waals surface area contributed by atoms with E-state index in [4.69, 9.17) is 11.6 Å². The lowest BCUT2D eigenvalue weighted by Crippen LogP contribution is -2.45. The van der Waals surface area contributed by atoms with Gasteiger partial charge in [-0.1, -0.05) is 24.1 Å².